The SMILES string of the molecule is CCOC(=O)C1=C(NCc2ccccc2)c2ccccc2CC12CCCC2. The number of benzene rings is 2. The lowest BCUT2D eigenvalue weighted by molar-refractivity contribution is -0.139. The van der Waals surface area contributed by atoms with Gasteiger partial charge >= 0.3 is 5.97 Å². The van der Waals surface area contributed by atoms with Crippen molar-refractivity contribution in [2.24, 2.45) is 5.41 Å². The van der Waals surface area contributed by atoms with Crippen molar-refractivity contribution in [3.63, 3.8) is 0 Å². The highest BCUT2D eigenvalue weighted by Gasteiger charge is 2.46. The van der Waals surface area contributed by atoms with E-state index < -0.39 is 0 Å². The van der Waals surface area contributed by atoms with Crippen LogP contribution in [0.1, 0.15) is 49.3 Å². The molecule has 2 aliphatic carbocycles. The van der Waals surface area contributed by atoms with E-state index in [-0.39, 0.29) is 11.4 Å². The Hall–Kier alpha value is -2.55. The summed E-state index contributed by atoms with van der Waals surface area (Å²) in [6.07, 6.45) is 5.42. The van der Waals surface area contributed by atoms with Gasteiger partial charge in [-0.2, -0.15) is 0 Å². The smallest absolute Gasteiger partial charge is 0.336 e. The topological polar surface area (TPSA) is 38.3 Å². The summed E-state index contributed by atoms with van der Waals surface area (Å²) in [5.74, 6) is -0.149. The molecule has 1 saturated carbocycles. The third kappa shape index (κ3) is 3.39. The number of fused-ring (bicyclic) bond motifs is 1. The molecule has 2 aromatic rings. The van der Waals surface area contributed by atoms with Gasteiger partial charge in [-0.05, 0) is 37.3 Å². The number of ether oxygens (including phenoxy) is 1. The van der Waals surface area contributed by atoms with E-state index in [1.807, 2.05) is 25.1 Å². The van der Waals surface area contributed by atoms with Gasteiger partial charge in [0.25, 0.3) is 0 Å². The maximum Gasteiger partial charge on any atom is 0.336 e. The fourth-order valence-corrected chi connectivity index (χ4v) is 4.74. The number of hydrogen-bond acceptors (Lipinski definition) is 3. The third-order valence-corrected chi connectivity index (χ3v) is 5.95. The van der Waals surface area contributed by atoms with E-state index in [0.717, 1.165) is 36.1 Å². The molecule has 1 N–H and O–H groups in total. The molecule has 0 radical (unpaired) electrons. The zero-order chi connectivity index (χ0) is 18.7. The summed E-state index contributed by atoms with van der Waals surface area (Å²) in [6.45, 7) is 2.99. The highest BCUT2D eigenvalue weighted by atomic mass is 16.5. The Morgan fingerprint density at radius 2 is 1.74 bits per heavy atom. The number of carbonyl (C=O) groups is 1. The first kappa shape index (κ1) is 17.8. The van der Waals surface area contributed by atoms with Gasteiger partial charge in [-0.3, -0.25) is 0 Å². The van der Waals surface area contributed by atoms with Gasteiger partial charge in [-0.25, -0.2) is 4.79 Å². The molecule has 0 bridgehead atoms. The zero-order valence-corrected chi connectivity index (χ0v) is 16.0. The van der Waals surface area contributed by atoms with Crippen LogP contribution in [0.5, 0.6) is 0 Å². The van der Waals surface area contributed by atoms with Gasteiger partial charge in [0, 0.05) is 17.5 Å². The Bertz CT molecular complexity index is 848. The molecule has 0 aliphatic heterocycles. The van der Waals surface area contributed by atoms with Crippen molar-refractivity contribution in [2.45, 2.75) is 45.6 Å². The van der Waals surface area contributed by atoms with Crippen molar-refractivity contribution in [1.29, 1.82) is 0 Å². The summed E-state index contributed by atoms with van der Waals surface area (Å²) in [5.41, 5.74) is 5.45. The predicted octanol–water partition coefficient (Wildman–Crippen LogP) is 4.87. The van der Waals surface area contributed by atoms with Crippen molar-refractivity contribution in [2.75, 3.05) is 6.61 Å². The second-order valence-corrected chi connectivity index (χ2v) is 7.63. The lowest BCUT2D eigenvalue weighted by Gasteiger charge is -2.38. The van der Waals surface area contributed by atoms with E-state index in [1.165, 1.54) is 24.0 Å². The van der Waals surface area contributed by atoms with Crippen molar-refractivity contribution >= 4 is 11.7 Å². The summed E-state index contributed by atoms with van der Waals surface area (Å²) in [7, 11) is 0. The van der Waals surface area contributed by atoms with Crippen LogP contribution in [0.25, 0.3) is 5.70 Å². The Labute approximate surface area is 161 Å². The van der Waals surface area contributed by atoms with Crippen molar-refractivity contribution in [1.82, 2.24) is 5.32 Å². The summed E-state index contributed by atoms with van der Waals surface area (Å²) in [5, 5.41) is 3.61. The Balaban J connectivity index is 1.80. The van der Waals surface area contributed by atoms with Crippen LogP contribution in [0.3, 0.4) is 0 Å². The van der Waals surface area contributed by atoms with Crippen LogP contribution in [0.2, 0.25) is 0 Å². The molecule has 27 heavy (non-hydrogen) atoms. The molecule has 0 unspecified atom stereocenters. The molecule has 0 amide bonds. The van der Waals surface area contributed by atoms with Crippen molar-refractivity contribution in [3.05, 3.63) is 76.9 Å². The summed E-state index contributed by atoms with van der Waals surface area (Å²) in [6, 6.07) is 18.8. The van der Waals surface area contributed by atoms with Gasteiger partial charge in [-0.1, -0.05) is 67.4 Å². The van der Waals surface area contributed by atoms with E-state index >= 15 is 0 Å². The Morgan fingerprint density at radius 1 is 1.04 bits per heavy atom. The Kier molecular flexibility index (Phi) is 5.02. The number of nitrogens with one attached hydrogen (secondary N) is 1. The van der Waals surface area contributed by atoms with E-state index in [2.05, 4.69) is 41.7 Å². The molecule has 2 aliphatic rings. The van der Waals surface area contributed by atoms with Gasteiger partial charge in [-0.15, -0.1) is 0 Å². The van der Waals surface area contributed by atoms with Gasteiger partial charge in [0.2, 0.25) is 0 Å². The first-order valence-electron chi connectivity index (χ1n) is 10.0. The summed E-state index contributed by atoms with van der Waals surface area (Å²) < 4.78 is 5.53. The molecular formula is C24H27NO2. The largest absolute Gasteiger partial charge is 0.463 e. The zero-order valence-electron chi connectivity index (χ0n) is 16.0. The first-order valence-corrected chi connectivity index (χ1v) is 10.0. The van der Waals surface area contributed by atoms with Crippen molar-refractivity contribution in [3.8, 4) is 0 Å². The minimum atomic E-state index is -0.149. The number of rotatable bonds is 5. The van der Waals surface area contributed by atoms with Crippen LogP contribution in [-0.2, 0) is 22.5 Å². The third-order valence-electron chi connectivity index (χ3n) is 5.95. The minimum Gasteiger partial charge on any atom is -0.463 e. The molecule has 1 fully saturated rings. The second-order valence-electron chi connectivity index (χ2n) is 7.63. The van der Waals surface area contributed by atoms with Gasteiger partial charge < -0.3 is 10.1 Å². The lowest BCUT2D eigenvalue weighted by Crippen LogP contribution is -2.36. The molecule has 3 nitrogen and oxygen atoms in total. The number of hydrogen-bond donors (Lipinski definition) is 1. The highest BCUT2D eigenvalue weighted by molar-refractivity contribution is 6.00. The number of carbonyl (C=O) groups excluding carboxylic acids is 1. The minimum absolute atomic E-state index is 0.0837. The predicted molar refractivity (Wildman–Crippen MR) is 108 cm³/mol. The van der Waals surface area contributed by atoms with E-state index in [1.54, 1.807) is 0 Å². The van der Waals surface area contributed by atoms with Gasteiger partial charge in [0.05, 0.1) is 17.9 Å². The molecule has 140 valence electrons. The molecule has 3 heteroatoms. The van der Waals surface area contributed by atoms with Gasteiger partial charge in [0.15, 0.2) is 0 Å². The molecule has 4 rings (SSSR count). The van der Waals surface area contributed by atoms with Crippen LogP contribution < -0.4 is 5.32 Å². The molecule has 0 heterocycles. The lowest BCUT2D eigenvalue weighted by atomic mass is 9.68. The van der Waals surface area contributed by atoms with Crippen LogP contribution in [0.4, 0.5) is 0 Å². The summed E-state index contributed by atoms with van der Waals surface area (Å²) >= 11 is 0. The van der Waals surface area contributed by atoms with E-state index in [4.69, 9.17) is 4.74 Å². The van der Waals surface area contributed by atoms with Crippen LogP contribution in [-0.4, -0.2) is 12.6 Å². The quantitative estimate of drug-likeness (QED) is 0.773. The van der Waals surface area contributed by atoms with Crippen LogP contribution in [0, 0.1) is 5.41 Å². The van der Waals surface area contributed by atoms with E-state index in [9.17, 15) is 4.79 Å². The molecule has 2 aromatic carbocycles. The van der Waals surface area contributed by atoms with Crippen LogP contribution >= 0.6 is 0 Å². The highest BCUT2D eigenvalue weighted by Crippen LogP contribution is 2.52. The first-order chi connectivity index (χ1) is 13.2. The fourth-order valence-electron chi connectivity index (χ4n) is 4.74. The molecule has 0 atom stereocenters. The number of esters is 1. The summed E-state index contributed by atoms with van der Waals surface area (Å²) in [4.78, 5) is 13.1. The molecule has 1 spiro atoms. The normalized spacial score (nSPS) is 17.7. The fraction of sp³-hybridized carbons (Fsp3) is 0.375. The average Bonchev–Trinajstić information content (AvgIpc) is 3.15. The average molecular weight is 361 g/mol. The molecule has 0 aromatic heterocycles. The molecular weight excluding hydrogens is 334 g/mol. The second kappa shape index (κ2) is 7.59. The Morgan fingerprint density at radius 3 is 2.48 bits per heavy atom. The maximum absolute atomic E-state index is 13.1. The standard InChI is InChI=1S/C24H27NO2/c1-2-27-23(26)21-22(25-17-18-10-4-3-5-11-18)20-13-7-6-12-19(20)16-24(21)14-8-9-15-24/h3-7,10-13,25H,2,8-9,14-17H2,1H3. The maximum atomic E-state index is 13.1. The van der Waals surface area contributed by atoms with Gasteiger partial charge in [0.1, 0.15) is 0 Å². The molecule has 0 saturated heterocycles. The van der Waals surface area contributed by atoms with Crippen molar-refractivity contribution < 1.29 is 9.53 Å². The van der Waals surface area contributed by atoms with Crippen LogP contribution in [0.15, 0.2) is 60.2 Å². The van der Waals surface area contributed by atoms with E-state index in [0.29, 0.717) is 13.2 Å². The monoisotopic (exact) mass is 361 g/mol.